The second-order valence-corrected chi connectivity index (χ2v) is 7.37. The smallest absolute Gasteiger partial charge is 0.320 e. The lowest BCUT2D eigenvalue weighted by Gasteiger charge is -2.21. The Hall–Kier alpha value is -2.93. The van der Waals surface area contributed by atoms with Crippen LogP contribution in [0.1, 0.15) is 25.3 Å². The van der Waals surface area contributed by atoms with Crippen molar-refractivity contribution in [2.24, 2.45) is 0 Å². The van der Waals surface area contributed by atoms with Gasteiger partial charge in [0.2, 0.25) is 5.91 Å². The minimum absolute atomic E-state index is 0.0179. The van der Waals surface area contributed by atoms with Gasteiger partial charge in [-0.05, 0) is 61.7 Å². The van der Waals surface area contributed by atoms with E-state index in [2.05, 4.69) is 10.2 Å². The summed E-state index contributed by atoms with van der Waals surface area (Å²) in [6, 6.07) is 13.8. The molecule has 1 aliphatic heterocycles. The molecule has 2 aromatic carbocycles. The van der Waals surface area contributed by atoms with Crippen LogP contribution in [0.3, 0.4) is 0 Å². The summed E-state index contributed by atoms with van der Waals surface area (Å²) in [5, 5.41) is 2.88. The number of esters is 1. The molecule has 6 nitrogen and oxygen atoms in total. The third kappa shape index (κ3) is 6.56. The summed E-state index contributed by atoms with van der Waals surface area (Å²) >= 11 is 0. The fourth-order valence-electron chi connectivity index (χ4n) is 3.54. The highest BCUT2D eigenvalue weighted by atomic mass is 19.1. The van der Waals surface area contributed by atoms with E-state index in [0.717, 1.165) is 24.3 Å². The Morgan fingerprint density at radius 2 is 1.70 bits per heavy atom. The van der Waals surface area contributed by atoms with Crippen molar-refractivity contribution >= 4 is 23.3 Å². The topological polar surface area (TPSA) is 61.9 Å². The minimum atomic E-state index is -0.401. The Bertz CT molecular complexity index is 834. The maximum absolute atomic E-state index is 13.2. The molecule has 1 fully saturated rings. The summed E-state index contributed by atoms with van der Waals surface area (Å²) in [4.78, 5) is 28.5. The average Bonchev–Trinajstić information content (AvgIpc) is 3.25. The van der Waals surface area contributed by atoms with Crippen LogP contribution in [0.25, 0.3) is 0 Å². The van der Waals surface area contributed by atoms with Gasteiger partial charge >= 0.3 is 5.97 Å². The van der Waals surface area contributed by atoms with Crippen LogP contribution in [0.2, 0.25) is 0 Å². The number of anilines is 2. The standard InChI is InChI=1S/C23H28FN3O3/c1-2-30-23(29)17-26(15-18-5-7-19(24)8-6-18)16-22(28)25-20-9-11-21(12-10-20)27-13-3-4-14-27/h5-12H,2-4,13-17H2,1H3,(H,25,28). The molecular formula is C23H28FN3O3. The number of carbonyl (C=O) groups is 2. The summed E-state index contributed by atoms with van der Waals surface area (Å²) in [5.41, 5.74) is 2.68. The zero-order chi connectivity index (χ0) is 21.3. The predicted octanol–water partition coefficient (Wildman–Crippen LogP) is 3.43. The average molecular weight is 413 g/mol. The number of ether oxygens (including phenoxy) is 1. The number of nitrogens with one attached hydrogen (secondary N) is 1. The Labute approximate surface area is 176 Å². The fourth-order valence-corrected chi connectivity index (χ4v) is 3.54. The lowest BCUT2D eigenvalue weighted by Crippen LogP contribution is -2.37. The second kappa shape index (κ2) is 10.7. The molecule has 160 valence electrons. The van der Waals surface area contributed by atoms with E-state index in [0.29, 0.717) is 12.2 Å². The third-order valence-electron chi connectivity index (χ3n) is 4.97. The molecule has 1 heterocycles. The van der Waals surface area contributed by atoms with Gasteiger partial charge in [-0.1, -0.05) is 12.1 Å². The summed E-state index contributed by atoms with van der Waals surface area (Å²) in [6.07, 6.45) is 2.42. The highest BCUT2D eigenvalue weighted by Gasteiger charge is 2.17. The molecule has 7 heteroatoms. The minimum Gasteiger partial charge on any atom is -0.465 e. The molecule has 0 bridgehead atoms. The SMILES string of the molecule is CCOC(=O)CN(CC(=O)Nc1ccc(N2CCCC2)cc1)Cc1ccc(F)cc1. The molecule has 0 aromatic heterocycles. The van der Waals surface area contributed by atoms with E-state index in [1.165, 1.54) is 25.0 Å². The largest absolute Gasteiger partial charge is 0.465 e. The van der Waals surface area contributed by atoms with Crippen molar-refractivity contribution in [3.8, 4) is 0 Å². The van der Waals surface area contributed by atoms with Crippen molar-refractivity contribution in [3.05, 3.63) is 59.9 Å². The lowest BCUT2D eigenvalue weighted by molar-refractivity contribution is -0.144. The monoisotopic (exact) mass is 413 g/mol. The number of carbonyl (C=O) groups excluding carboxylic acids is 2. The molecule has 30 heavy (non-hydrogen) atoms. The first kappa shape index (κ1) is 21.8. The molecule has 3 rings (SSSR count). The number of rotatable bonds is 9. The van der Waals surface area contributed by atoms with Crippen molar-refractivity contribution in [1.82, 2.24) is 4.90 Å². The summed E-state index contributed by atoms with van der Waals surface area (Å²) < 4.78 is 18.2. The van der Waals surface area contributed by atoms with Crippen molar-refractivity contribution < 1.29 is 18.7 Å². The van der Waals surface area contributed by atoms with E-state index >= 15 is 0 Å². The molecule has 0 aliphatic carbocycles. The highest BCUT2D eigenvalue weighted by molar-refractivity contribution is 5.92. The predicted molar refractivity (Wildman–Crippen MR) is 115 cm³/mol. The van der Waals surface area contributed by atoms with Gasteiger partial charge in [0.15, 0.2) is 0 Å². The van der Waals surface area contributed by atoms with Crippen LogP contribution in [0.15, 0.2) is 48.5 Å². The molecule has 1 N–H and O–H groups in total. The zero-order valence-corrected chi connectivity index (χ0v) is 17.3. The molecular weight excluding hydrogens is 385 g/mol. The van der Waals surface area contributed by atoms with Crippen molar-refractivity contribution in [3.63, 3.8) is 0 Å². The molecule has 1 amide bonds. The first-order valence-electron chi connectivity index (χ1n) is 10.3. The van der Waals surface area contributed by atoms with Crippen molar-refractivity contribution in [2.75, 3.05) is 43.0 Å². The maximum atomic E-state index is 13.2. The number of amides is 1. The van der Waals surface area contributed by atoms with Gasteiger partial charge in [-0.3, -0.25) is 14.5 Å². The first-order valence-corrected chi connectivity index (χ1v) is 10.3. The fraction of sp³-hybridized carbons (Fsp3) is 0.391. The molecule has 1 saturated heterocycles. The lowest BCUT2D eigenvalue weighted by atomic mass is 10.2. The van der Waals surface area contributed by atoms with E-state index in [-0.39, 0.29) is 31.4 Å². The normalized spacial score (nSPS) is 13.5. The number of benzene rings is 2. The van der Waals surface area contributed by atoms with Crippen molar-refractivity contribution in [1.29, 1.82) is 0 Å². The van der Waals surface area contributed by atoms with Crippen LogP contribution >= 0.6 is 0 Å². The first-order chi connectivity index (χ1) is 14.5. The van der Waals surface area contributed by atoms with Crippen LogP contribution in [0.5, 0.6) is 0 Å². The van der Waals surface area contributed by atoms with Crippen LogP contribution in [0, 0.1) is 5.82 Å². The number of hydrogen-bond acceptors (Lipinski definition) is 5. The molecule has 0 saturated carbocycles. The molecule has 0 spiro atoms. The molecule has 0 atom stereocenters. The Kier molecular flexibility index (Phi) is 7.79. The number of halogens is 1. The zero-order valence-electron chi connectivity index (χ0n) is 17.3. The number of hydrogen-bond donors (Lipinski definition) is 1. The van der Waals surface area contributed by atoms with E-state index in [4.69, 9.17) is 4.74 Å². The highest BCUT2D eigenvalue weighted by Crippen LogP contribution is 2.22. The third-order valence-corrected chi connectivity index (χ3v) is 4.97. The van der Waals surface area contributed by atoms with Gasteiger partial charge in [-0.25, -0.2) is 4.39 Å². The van der Waals surface area contributed by atoms with Gasteiger partial charge in [0, 0.05) is 31.0 Å². The summed E-state index contributed by atoms with van der Waals surface area (Å²) in [7, 11) is 0. The summed E-state index contributed by atoms with van der Waals surface area (Å²) in [5.74, 6) is -0.955. The van der Waals surface area contributed by atoms with Crippen molar-refractivity contribution in [2.45, 2.75) is 26.3 Å². The van der Waals surface area contributed by atoms with Crippen LogP contribution in [0.4, 0.5) is 15.8 Å². The molecule has 1 aliphatic rings. The van der Waals surface area contributed by atoms with E-state index < -0.39 is 5.97 Å². The molecule has 2 aromatic rings. The van der Waals surface area contributed by atoms with Crippen LogP contribution in [-0.2, 0) is 20.9 Å². The van der Waals surface area contributed by atoms with Crippen LogP contribution in [-0.4, -0.2) is 49.6 Å². The van der Waals surface area contributed by atoms with Gasteiger partial charge in [0.25, 0.3) is 0 Å². The van der Waals surface area contributed by atoms with Gasteiger partial charge in [-0.2, -0.15) is 0 Å². The van der Waals surface area contributed by atoms with Crippen LogP contribution < -0.4 is 10.2 Å². The number of nitrogens with zero attached hydrogens (tertiary/aromatic N) is 2. The maximum Gasteiger partial charge on any atom is 0.320 e. The van der Waals surface area contributed by atoms with Gasteiger partial charge < -0.3 is 15.0 Å². The Morgan fingerprint density at radius 1 is 1.03 bits per heavy atom. The van der Waals surface area contributed by atoms with E-state index in [9.17, 15) is 14.0 Å². The quantitative estimate of drug-likeness (QED) is 0.638. The van der Waals surface area contributed by atoms with Gasteiger partial charge in [-0.15, -0.1) is 0 Å². The second-order valence-electron chi connectivity index (χ2n) is 7.37. The molecule has 0 unspecified atom stereocenters. The van der Waals surface area contributed by atoms with Gasteiger partial charge in [0.05, 0.1) is 19.7 Å². The summed E-state index contributed by atoms with van der Waals surface area (Å²) in [6.45, 7) is 4.48. The Morgan fingerprint density at radius 3 is 2.33 bits per heavy atom. The Balaban J connectivity index is 1.59. The van der Waals surface area contributed by atoms with E-state index in [1.54, 1.807) is 24.0 Å². The van der Waals surface area contributed by atoms with Gasteiger partial charge in [0.1, 0.15) is 5.82 Å². The van der Waals surface area contributed by atoms with E-state index in [1.807, 2.05) is 24.3 Å². The molecule has 0 radical (unpaired) electrons.